The van der Waals surface area contributed by atoms with Gasteiger partial charge in [0.1, 0.15) is 18.0 Å². The van der Waals surface area contributed by atoms with E-state index in [0.717, 1.165) is 29.9 Å². The molecule has 0 radical (unpaired) electrons. The Morgan fingerprint density at radius 2 is 2.06 bits per heavy atom. The van der Waals surface area contributed by atoms with Gasteiger partial charge in [-0.25, -0.2) is 4.39 Å². The maximum Gasteiger partial charge on any atom is 0.240 e. The topological polar surface area (TPSA) is 91.3 Å². The number of fused-ring (bicyclic) bond motifs is 1. The van der Waals surface area contributed by atoms with E-state index in [-0.39, 0.29) is 11.9 Å². The first-order chi connectivity index (χ1) is 15.0. The van der Waals surface area contributed by atoms with Crippen LogP contribution in [0.1, 0.15) is 42.8 Å². The van der Waals surface area contributed by atoms with Crippen LogP contribution in [0.25, 0.3) is 10.9 Å². The van der Waals surface area contributed by atoms with Gasteiger partial charge in [0.15, 0.2) is 5.82 Å². The van der Waals surface area contributed by atoms with Gasteiger partial charge in [-0.3, -0.25) is 9.88 Å². The van der Waals surface area contributed by atoms with Gasteiger partial charge in [-0.2, -0.15) is 10.2 Å². The minimum atomic E-state index is -0.324. The molecule has 1 aliphatic rings. The molecule has 9 heteroatoms. The molecule has 8 nitrogen and oxygen atoms in total. The molecule has 1 fully saturated rings. The van der Waals surface area contributed by atoms with Crippen molar-refractivity contribution in [3.05, 3.63) is 47.0 Å². The van der Waals surface area contributed by atoms with E-state index in [4.69, 9.17) is 9.26 Å². The maximum absolute atomic E-state index is 14.1. The fourth-order valence-corrected chi connectivity index (χ4v) is 3.99. The highest BCUT2D eigenvalue weighted by Crippen LogP contribution is 2.32. The number of benzene rings is 1. The summed E-state index contributed by atoms with van der Waals surface area (Å²) in [5, 5.41) is 14.3. The monoisotopic (exact) mass is 424 g/mol. The van der Waals surface area contributed by atoms with Crippen LogP contribution < -0.4 is 4.90 Å². The number of anilines is 1. The van der Waals surface area contributed by atoms with Crippen molar-refractivity contribution in [3.63, 3.8) is 0 Å². The summed E-state index contributed by atoms with van der Waals surface area (Å²) >= 11 is 0. The van der Waals surface area contributed by atoms with Crippen molar-refractivity contribution in [2.45, 2.75) is 33.4 Å². The van der Waals surface area contributed by atoms with E-state index in [1.807, 2.05) is 20.8 Å². The van der Waals surface area contributed by atoms with Gasteiger partial charge < -0.3 is 14.2 Å². The molecule has 3 aromatic rings. The highest BCUT2D eigenvalue weighted by atomic mass is 19.1. The Hall–Kier alpha value is -3.09. The zero-order valence-corrected chi connectivity index (χ0v) is 17.9. The molecule has 3 heterocycles. The summed E-state index contributed by atoms with van der Waals surface area (Å²) in [5.74, 6) is 0.782. The van der Waals surface area contributed by atoms with Gasteiger partial charge in [-0.05, 0) is 38.5 Å². The Bertz CT molecular complexity index is 1120. The van der Waals surface area contributed by atoms with E-state index in [2.05, 4.69) is 31.0 Å². The molecule has 0 spiro atoms. The number of nitrogens with zero attached hydrogens (tertiary/aromatic N) is 6. The van der Waals surface area contributed by atoms with Crippen LogP contribution in [0.2, 0.25) is 0 Å². The number of rotatable bonds is 6. The van der Waals surface area contributed by atoms with E-state index in [1.54, 1.807) is 6.20 Å². The quantitative estimate of drug-likeness (QED) is 0.595. The molecule has 2 aromatic heterocycles. The Morgan fingerprint density at radius 3 is 2.77 bits per heavy atom. The van der Waals surface area contributed by atoms with Crippen molar-refractivity contribution < 1.29 is 13.7 Å². The standard InChI is InChI=1S/C22H25FN6O2/c1-4-30-15(3)22-26-19(31-27-22)13-28-5-7-29(8-6-28)21-16(11-24)12-25-20-14(2)9-17(23)10-18(20)21/h9-10,12,15H,4-8,13H2,1-3H3. The average Bonchev–Trinajstić information content (AvgIpc) is 3.22. The van der Waals surface area contributed by atoms with Crippen molar-refractivity contribution in [1.82, 2.24) is 20.0 Å². The van der Waals surface area contributed by atoms with Crippen molar-refractivity contribution in [2.24, 2.45) is 0 Å². The molecule has 162 valence electrons. The lowest BCUT2D eigenvalue weighted by atomic mass is 10.0. The minimum Gasteiger partial charge on any atom is -0.371 e. The molecule has 0 aliphatic carbocycles. The van der Waals surface area contributed by atoms with Crippen LogP contribution in [0.15, 0.2) is 22.9 Å². The normalized spacial score (nSPS) is 15.9. The summed E-state index contributed by atoms with van der Waals surface area (Å²) in [5.41, 5.74) is 2.69. The molecular weight excluding hydrogens is 399 g/mol. The Balaban J connectivity index is 1.49. The molecule has 0 bridgehead atoms. The predicted octanol–water partition coefficient (Wildman–Crippen LogP) is 3.36. The molecule has 0 N–H and O–H groups in total. The SMILES string of the molecule is CCOC(C)c1noc(CN2CCN(c3c(C#N)cnc4c(C)cc(F)cc34)CC2)n1. The van der Waals surface area contributed by atoms with Gasteiger partial charge >= 0.3 is 0 Å². The minimum absolute atomic E-state index is 0.201. The van der Waals surface area contributed by atoms with Crippen LogP contribution in [0.4, 0.5) is 10.1 Å². The van der Waals surface area contributed by atoms with Crippen LogP contribution in [0.3, 0.4) is 0 Å². The van der Waals surface area contributed by atoms with Gasteiger partial charge in [-0.15, -0.1) is 0 Å². The second-order valence-corrected chi connectivity index (χ2v) is 7.66. The number of hydrogen-bond acceptors (Lipinski definition) is 8. The van der Waals surface area contributed by atoms with Crippen molar-refractivity contribution in [3.8, 4) is 6.07 Å². The molecule has 1 aliphatic heterocycles. The second kappa shape index (κ2) is 8.96. The number of pyridine rings is 1. The van der Waals surface area contributed by atoms with Gasteiger partial charge in [0.25, 0.3) is 0 Å². The van der Waals surface area contributed by atoms with Crippen molar-refractivity contribution in [2.75, 3.05) is 37.7 Å². The molecule has 0 amide bonds. The number of ether oxygens (including phenoxy) is 1. The highest BCUT2D eigenvalue weighted by molar-refractivity contribution is 5.96. The number of halogens is 1. The number of aromatic nitrogens is 3. The van der Waals surface area contributed by atoms with Gasteiger partial charge in [0, 0.05) is 44.4 Å². The number of aryl methyl sites for hydroxylation is 1. The maximum atomic E-state index is 14.1. The summed E-state index contributed by atoms with van der Waals surface area (Å²) < 4.78 is 25.0. The van der Waals surface area contributed by atoms with Crippen molar-refractivity contribution in [1.29, 1.82) is 5.26 Å². The lowest BCUT2D eigenvalue weighted by Crippen LogP contribution is -2.46. The second-order valence-electron chi connectivity index (χ2n) is 7.66. The Kier molecular flexibility index (Phi) is 6.11. The molecule has 4 rings (SSSR count). The number of hydrogen-bond donors (Lipinski definition) is 0. The first-order valence-corrected chi connectivity index (χ1v) is 10.4. The summed E-state index contributed by atoms with van der Waals surface area (Å²) in [6.07, 6.45) is 1.38. The molecule has 1 saturated heterocycles. The van der Waals surface area contributed by atoms with E-state index < -0.39 is 0 Å². The van der Waals surface area contributed by atoms with Crippen molar-refractivity contribution >= 4 is 16.6 Å². The first-order valence-electron chi connectivity index (χ1n) is 10.4. The molecule has 1 atom stereocenters. The van der Waals surface area contributed by atoms with Crippen LogP contribution in [0.5, 0.6) is 0 Å². The summed E-state index contributed by atoms with van der Waals surface area (Å²) in [6, 6.07) is 5.15. The third kappa shape index (κ3) is 4.36. The smallest absolute Gasteiger partial charge is 0.240 e. The largest absolute Gasteiger partial charge is 0.371 e. The number of piperazine rings is 1. The zero-order chi connectivity index (χ0) is 22.0. The first kappa shape index (κ1) is 21.2. The molecule has 1 aromatic carbocycles. The summed E-state index contributed by atoms with van der Waals surface area (Å²) in [6.45, 7) is 9.68. The molecule has 1 unspecified atom stereocenters. The molecular formula is C22H25FN6O2. The lowest BCUT2D eigenvalue weighted by molar-refractivity contribution is 0.0683. The Labute approximate surface area is 180 Å². The summed E-state index contributed by atoms with van der Waals surface area (Å²) in [7, 11) is 0. The highest BCUT2D eigenvalue weighted by Gasteiger charge is 2.24. The fraction of sp³-hybridized carbons (Fsp3) is 0.455. The predicted molar refractivity (Wildman–Crippen MR) is 113 cm³/mol. The van der Waals surface area contributed by atoms with Crippen LogP contribution >= 0.6 is 0 Å². The van der Waals surface area contributed by atoms with Gasteiger partial charge in [0.05, 0.1) is 23.3 Å². The van der Waals surface area contributed by atoms with E-state index >= 15 is 0 Å². The van der Waals surface area contributed by atoms with Gasteiger partial charge in [0.2, 0.25) is 5.89 Å². The van der Waals surface area contributed by atoms with Gasteiger partial charge in [-0.1, -0.05) is 5.16 Å². The average molecular weight is 424 g/mol. The molecule has 31 heavy (non-hydrogen) atoms. The van der Waals surface area contributed by atoms with Crippen LogP contribution in [-0.4, -0.2) is 52.8 Å². The lowest BCUT2D eigenvalue weighted by Gasteiger charge is -2.36. The van der Waals surface area contributed by atoms with E-state index in [0.29, 0.717) is 48.9 Å². The fourth-order valence-electron chi connectivity index (χ4n) is 3.99. The van der Waals surface area contributed by atoms with Crippen LogP contribution in [-0.2, 0) is 11.3 Å². The van der Waals surface area contributed by atoms with E-state index in [1.165, 1.54) is 12.1 Å². The summed E-state index contributed by atoms with van der Waals surface area (Å²) in [4.78, 5) is 13.2. The molecule has 0 saturated carbocycles. The van der Waals surface area contributed by atoms with E-state index in [9.17, 15) is 9.65 Å². The number of nitriles is 1. The van der Waals surface area contributed by atoms with Crippen LogP contribution in [0, 0.1) is 24.1 Å². The third-order valence-corrected chi connectivity index (χ3v) is 5.53. The third-order valence-electron chi connectivity index (χ3n) is 5.53. The Morgan fingerprint density at radius 1 is 1.29 bits per heavy atom. The zero-order valence-electron chi connectivity index (χ0n) is 17.9.